The third-order valence-corrected chi connectivity index (χ3v) is 5.74. The zero-order valence-electron chi connectivity index (χ0n) is 16.7. The molecule has 1 amide bonds. The maximum Gasteiger partial charge on any atom is 0.332 e. The van der Waals surface area contributed by atoms with Gasteiger partial charge in [0, 0.05) is 18.3 Å². The van der Waals surface area contributed by atoms with Gasteiger partial charge in [0.2, 0.25) is 12.4 Å². The van der Waals surface area contributed by atoms with Crippen molar-refractivity contribution >= 4 is 34.3 Å². The maximum absolute atomic E-state index is 13.8. The van der Waals surface area contributed by atoms with E-state index in [1.165, 1.54) is 29.2 Å². The highest BCUT2D eigenvalue weighted by atomic mass is 19.1. The Hall–Kier alpha value is -4.34. The van der Waals surface area contributed by atoms with Crippen LogP contribution in [0, 0.1) is 5.82 Å². The van der Waals surface area contributed by atoms with E-state index in [4.69, 9.17) is 0 Å². The van der Waals surface area contributed by atoms with E-state index in [1.807, 2.05) is 12.1 Å². The average Bonchev–Trinajstić information content (AvgIpc) is 3.37. The van der Waals surface area contributed by atoms with E-state index < -0.39 is 5.82 Å². The molecule has 0 spiro atoms. The van der Waals surface area contributed by atoms with Gasteiger partial charge in [0.05, 0.1) is 22.9 Å². The lowest BCUT2D eigenvalue weighted by Crippen LogP contribution is -2.28. The molecular formula is C22H16FN7O2. The molecule has 1 aliphatic rings. The minimum absolute atomic E-state index is 0.267. The number of anilines is 1. The monoisotopic (exact) mass is 429 g/mol. The minimum atomic E-state index is -0.391. The number of amides is 1. The summed E-state index contributed by atoms with van der Waals surface area (Å²) in [7, 11) is 0. The molecule has 0 unspecified atom stereocenters. The molecule has 2 aromatic carbocycles. The van der Waals surface area contributed by atoms with Crippen molar-refractivity contribution in [3.05, 3.63) is 70.8 Å². The van der Waals surface area contributed by atoms with Crippen molar-refractivity contribution < 1.29 is 9.18 Å². The van der Waals surface area contributed by atoms with Crippen molar-refractivity contribution in [3.63, 3.8) is 0 Å². The highest BCUT2D eigenvalue weighted by Gasteiger charge is 2.19. The minimum Gasteiger partial charge on any atom is -0.315 e. The number of imidazole rings is 2. The van der Waals surface area contributed by atoms with Crippen LogP contribution >= 0.6 is 0 Å². The summed E-state index contributed by atoms with van der Waals surface area (Å²) in [5, 5.41) is 0. The molecule has 0 aliphatic carbocycles. The Morgan fingerprint density at radius 1 is 1.12 bits per heavy atom. The molecule has 5 aromatic rings. The van der Waals surface area contributed by atoms with Gasteiger partial charge in [0.1, 0.15) is 17.7 Å². The van der Waals surface area contributed by atoms with Crippen LogP contribution in [-0.4, -0.2) is 42.0 Å². The highest BCUT2D eigenvalue weighted by Crippen LogP contribution is 2.29. The normalized spacial score (nSPS) is 13.6. The van der Waals surface area contributed by atoms with Crippen LogP contribution in [-0.2, 0) is 11.2 Å². The fraction of sp³-hybridized carbons (Fsp3) is 0.136. The molecule has 0 atom stereocenters. The smallest absolute Gasteiger partial charge is 0.315 e. The number of hydrogen-bond acceptors (Lipinski definition) is 5. The third-order valence-electron chi connectivity index (χ3n) is 5.74. The summed E-state index contributed by atoms with van der Waals surface area (Å²) in [6.45, 7) is 0.679. The molecule has 6 rings (SSSR count). The number of carbonyl (C=O) groups excluding carboxylic acids is 1. The molecule has 3 aromatic heterocycles. The first-order valence-corrected chi connectivity index (χ1v) is 10.1. The predicted molar refractivity (Wildman–Crippen MR) is 116 cm³/mol. The zero-order valence-corrected chi connectivity index (χ0v) is 16.7. The Morgan fingerprint density at radius 3 is 2.91 bits per heavy atom. The van der Waals surface area contributed by atoms with Crippen LogP contribution in [0.4, 0.5) is 10.1 Å². The van der Waals surface area contributed by atoms with Gasteiger partial charge in [-0.25, -0.2) is 23.7 Å². The fourth-order valence-corrected chi connectivity index (χ4v) is 4.25. The molecule has 32 heavy (non-hydrogen) atoms. The number of hydrogen-bond donors (Lipinski definition) is 1. The number of aromatic nitrogens is 6. The molecule has 0 bridgehead atoms. The first-order chi connectivity index (χ1) is 15.6. The Morgan fingerprint density at radius 2 is 2.03 bits per heavy atom. The summed E-state index contributed by atoms with van der Waals surface area (Å²) in [6.07, 6.45) is 5.54. The first-order valence-electron chi connectivity index (χ1n) is 10.1. The van der Waals surface area contributed by atoms with Gasteiger partial charge in [-0.1, -0.05) is 0 Å². The molecule has 9 nitrogen and oxygen atoms in total. The van der Waals surface area contributed by atoms with E-state index in [0.29, 0.717) is 34.4 Å². The molecule has 0 saturated carbocycles. The standard InChI is InChI=1S/C22H16FN7O2/c23-14-3-5-16-19(9-14)29(11-25-16)21-24-10-17-20(27-21)30(22(32)26-17)15-4-6-18-13(8-15)2-1-7-28(18)12-31/h3-6,8-12H,1-2,7H2,(H,26,32). The van der Waals surface area contributed by atoms with Crippen LogP contribution in [0.25, 0.3) is 33.8 Å². The van der Waals surface area contributed by atoms with E-state index in [1.54, 1.807) is 21.6 Å². The Kier molecular flexibility index (Phi) is 3.94. The molecule has 0 radical (unpaired) electrons. The zero-order chi connectivity index (χ0) is 21.8. The number of fused-ring (bicyclic) bond motifs is 3. The number of nitrogens with one attached hydrogen (secondary N) is 1. The third kappa shape index (κ3) is 2.73. The summed E-state index contributed by atoms with van der Waals surface area (Å²) in [5.41, 5.74) is 4.13. The van der Waals surface area contributed by atoms with Gasteiger partial charge in [-0.05, 0) is 48.7 Å². The van der Waals surface area contributed by atoms with Crippen molar-refractivity contribution in [2.24, 2.45) is 0 Å². The second kappa shape index (κ2) is 6.84. The molecule has 0 fully saturated rings. The van der Waals surface area contributed by atoms with Gasteiger partial charge in [0.25, 0.3) is 0 Å². The van der Waals surface area contributed by atoms with Crippen LogP contribution in [0.2, 0.25) is 0 Å². The largest absolute Gasteiger partial charge is 0.332 e. The number of aromatic amines is 1. The summed E-state index contributed by atoms with van der Waals surface area (Å²) in [5.74, 6) is -0.124. The highest BCUT2D eigenvalue weighted by molar-refractivity contribution is 5.80. The Bertz CT molecular complexity index is 1580. The van der Waals surface area contributed by atoms with Crippen LogP contribution in [0.3, 0.4) is 0 Å². The van der Waals surface area contributed by atoms with E-state index in [9.17, 15) is 14.0 Å². The number of carbonyl (C=O) groups is 1. The lowest BCUT2D eigenvalue weighted by atomic mass is 10.0. The lowest BCUT2D eigenvalue weighted by molar-refractivity contribution is -0.107. The van der Waals surface area contributed by atoms with Gasteiger partial charge in [-0.15, -0.1) is 0 Å². The summed E-state index contributed by atoms with van der Waals surface area (Å²) in [4.78, 5) is 41.8. The number of halogens is 1. The predicted octanol–water partition coefficient (Wildman–Crippen LogP) is 2.50. The Balaban J connectivity index is 1.53. The summed E-state index contributed by atoms with van der Waals surface area (Å²) < 4.78 is 16.8. The van der Waals surface area contributed by atoms with Crippen molar-refractivity contribution in [2.75, 3.05) is 11.4 Å². The number of aryl methyl sites for hydroxylation is 1. The SMILES string of the molecule is O=CN1CCCc2cc(-n3c(=O)[nH]c4cnc(-n5cnc6ccc(F)cc65)nc43)ccc21. The second-order valence-corrected chi connectivity index (χ2v) is 7.64. The van der Waals surface area contributed by atoms with Crippen molar-refractivity contribution in [1.82, 2.24) is 29.1 Å². The molecule has 158 valence electrons. The van der Waals surface area contributed by atoms with Crippen molar-refractivity contribution in [2.45, 2.75) is 12.8 Å². The van der Waals surface area contributed by atoms with Gasteiger partial charge in [0.15, 0.2) is 5.65 Å². The molecule has 1 aliphatic heterocycles. The number of nitrogens with zero attached hydrogens (tertiary/aromatic N) is 6. The fourth-order valence-electron chi connectivity index (χ4n) is 4.25. The van der Waals surface area contributed by atoms with E-state index in [2.05, 4.69) is 19.9 Å². The summed E-state index contributed by atoms with van der Waals surface area (Å²) >= 11 is 0. The molecule has 4 heterocycles. The van der Waals surface area contributed by atoms with E-state index >= 15 is 0 Å². The van der Waals surface area contributed by atoms with Crippen LogP contribution in [0.1, 0.15) is 12.0 Å². The van der Waals surface area contributed by atoms with Gasteiger partial charge < -0.3 is 9.88 Å². The number of H-pyrrole nitrogens is 1. The number of rotatable bonds is 3. The van der Waals surface area contributed by atoms with Crippen LogP contribution < -0.4 is 10.6 Å². The number of benzene rings is 2. The topological polar surface area (TPSA) is 102 Å². The first kappa shape index (κ1) is 18.4. The average molecular weight is 429 g/mol. The van der Waals surface area contributed by atoms with Gasteiger partial charge in [-0.3, -0.25) is 9.36 Å². The second-order valence-electron chi connectivity index (χ2n) is 7.64. The van der Waals surface area contributed by atoms with Gasteiger partial charge >= 0.3 is 5.69 Å². The lowest BCUT2D eigenvalue weighted by Gasteiger charge is -2.26. The molecular weight excluding hydrogens is 413 g/mol. The van der Waals surface area contributed by atoms with Gasteiger partial charge in [-0.2, -0.15) is 4.98 Å². The summed E-state index contributed by atoms with van der Waals surface area (Å²) in [6, 6.07) is 9.83. The molecule has 10 heteroatoms. The molecule has 1 N–H and O–H groups in total. The Labute approximate surface area is 179 Å². The van der Waals surface area contributed by atoms with Crippen molar-refractivity contribution in [1.29, 1.82) is 0 Å². The maximum atomic E-state index is 13.8. The van der Waals surface area contributed by atoms with E-state index in [0.717, 1.165) is 30.5 Å². The van der Waals surface area contributed by atoms with Crippen molar-refractivity contribution in [3.8, 4) is 11.6 Å². The van der Waals surface area contributed by atoms with Crippen LogP contribution in [0.5, 0.6) is 0 Å². The van der Waals surface area contributed by atoms with Crippen LogP contribution in [0.15, 0.2) is 53.7 Å². The van der Waals surface area contributed by atoms with E-state index in [-0.39, 0.29) is 11.6 Å². The quantitative estimate of drug-likeness (QED) is 0.444. The molecule has 0 saturated heterocycles.